The highest BCUT2D eigenvalue weighted by molar-refractivity contribution is 5.84. The van der Waals surface area contributed by atoms with Crippen LogP contribution >= 0.6 is 0 Å². The van der Waals surface area contributed by atoms with Gasteiger partial charge in [0.25, 0.3) is 0 Å². The molecule has 0 radical (unpaired) electrons. The van der Waals surface area contributed by atoms with Gasteiger partial charge in [-0.05, 0) is 38.6 Å². The van der Waals surface area contributed by atoms with Crippen molar-refractivity contribution < 1.29 is 5.21 Å². The zero-order valence-electron chi connectivity index (χ0n) is 9.39. The molecule has 0 amide bonds. The molecular weight excluding hydrogens is 190 g/mol. The molecule has 4 heteroatoms. The zero-order valence-corrected chi connectivity index (χ0v) is 9.39. The first kappa shape index (κ1) is 10.7. The highest BCUT2D eigenvalue weighted by Crippen LogP contribution is 2.37. The first-order valence-corrected chi connectivity index (χ1v) is 5.97. The van der Waals surface area contributed by atoms with E-state index in [4.69, 9.17) is 10.9 Å². The van der Waals surface area contributed by atoms with Crippen LogP contribution in [0, 0.1) is 5.92 Å². The molecule has 0 bridgehead atoms. The summed E-state index contributed by atoms with van der Waals surface area (Å²) in [6, 6.07) is 0.761. The van der Waals surface area contributed by atoms with Crippen LogP contribution in [0.25, 0.3) is 0 Å². The van der Waals surface area contributed by atoms with E-state index in [9.17, 15) is 0 Å². The molecule has 1 aliphatic heterocycles. The van der Waals surface area contributed by atoms with Crippen LogP contribution < -0.4 is 5.73 Å². The minimum Gasteiger partial charge on any atom is -0.409 e. The van der Waals surface area contributed by atoms with Crippen LogP contribution in [0.15, 0.2) is 5.16 Å². The van der Waals surface area contributed by atoms with Crippen molar-refractivity contribution in [2.45, 2.75) is 51.1 Å². The maximum Gasteiger partial charge on any atom is 0.156 e. The van der Waals surface area contributed by atoms with E-state index in [2.05, 4.69) is 10.1 Å². The van der Waals surface area contributed by atoms with Gasteiger partial charge in [0.2, 0.25) is 0 Å². The van der Waals surface area contributed by atoms with E-state index in [1.165, 1.54) is 32.1 Å². The van der Waals surface area contributed by atoms with Crippen molar-refractivity contribution in [2.75, 3.05) is 6.54 Å². The summed E-state index contributed by atoms with van der Waals surface area (Å²) in [5.41, 5.74) is 5.68. The second-order valence-electron chi connectivity index (χ2n) is 4.84. The van der Waals surface area contributed by atoms with Gasteiger partial charge in [-0.1, -0.05) is 18.0 Å². The van der Waals surface area contributed by atoms with Crippen molar-refractivity contribution in [3.05, 3.63) is 0 Å². The van der Waals surface area contributed by atoms with E-state index in [0.717, 1.165) is 12.5 Å². The number of fused-ring (bicyclic) bond motifs is 1. The smallest absolute Gasteiger partial charge is 0.156 e. The van der Waals surface area contributed by atoms with E-state index in [0.29, 0.717) is 11.9 Å². The Balaban J connectivity index is 2.04. The van der Waals surface area contributed by atoms with Crippen LogP contribution in [0.3, 0.4) is 0 Å². The lowest BCUT2D eigenvalue weighted by atomic mass is 9.85. The monoisotopic (exact) mass is 211 g/mol. The normalized spacial score (nSPS) is 35.1. The number of oxime groups is 1. The third kappa shape index (κ3) is 1.95. The van der Waals surface area contributed by atoms with E-state index < -0.39 is 0 Å². The molecule has 1 heterocycles. The average Bonchev–Trinajstić information content (AvgIpc) is 2.70. The van der Waals surface area contributed by atoms with E-state index in [-0.39, 0.29) is 6.04 Å². The first-order chi connectivity index (χ1) is 7.24. The SMILES string of the molecule is CC(C(N)=NO)N1CCC2CCCCC21. The Morgan fingerprint density at radius 3 is 2.87 bits per heavy atom. The van der Waals surface area contributed by atoms with Gasteiger partial charge in [0.05, 0.1) is 6.04 Å². The van der Waals surface area contributed by atoms with E-state index >= 15 is 0 Å². The van der Waals surface area contributed by atoms with Crippen LogP contribution in [-0.4, -0.2) is 34.6 Å². The molecule has 0 aromatic rings. The number of hydrogen-bond acceptors (Lipinski definition) is 3. The van der Waals surface area contributed by atoms with Crippen LogP contribution in [0.4, 0.5) is 0 Å². The highest BCUT2D eigenvalue weighted by Gasteiger charge is 2.38. The van der Waals surface area contributed by atoms with Crippen LogP contribution in [0.2, 0.25) is 0 Å². The Kier molecular flexibility index (Phi) is 3.14. The summed E-state index contributed by atoms with van der Waals surface area (Å²) < 4.78 is 0. The molecule has 2 rings (SSSR count). The fourth-order valence-corrected chi connectivity index (χ4v) is 3.18. The molecule has 0 spiro atoms. The fourth-order valence-electron chi connectivity index (χ4n) is 3.18. The molecule has 0 aromatic heterocycles. The van der Waals surface area contributed by atoms with Gasteiger partial charge < -0.3 is 10.9 Å². The van der Waals surface area contributed by atoms with Gasteiger partial charge in [-0.25, -0.2) is 0 Å². The third-order valence-electron chi connectivity index (χ3n) is 4.09. The average molecular weight is 211 g/mol. The topological polar surface area (TPSA) is 61.9 Å². The summed E-state index contributed by atoms with van der Waals surface area (Å²) >= 11 is 0. The molecule has 2 aliphatic rings. The minimum absolute atomic E-state index is 0.0862. The largest absolute Gasteiger partial charge is 0.409 e. The molecule has 2 fully saturated rings. The Hall–Kier alpha value is -0.770. The predicted molar refractivity (Wildman–Crippen MR) is 59.9 cm³/mol. The van der Waals surface area contributed by atoms with Crippen molar-refractivity contribution in [2.24, 2.45) is 16.8 Å². The van der Waals surface area contributed by atoms with Gasteiger partial charge in [0, 0.05) is 6.04 Å². The molecule has 15 heavy (non-hydrogen) atoms. The minimum atomic E-state index is 0.0862. The van der Waals surface area contributed by atoms with E-state index in [1.807, 2.05) is 6.92 Å². The summed E-state index contributed by atoms with van der Waals surface area (Å²) in [6.45, 7) is 3.14. The van der Waals surface area contributed by atoms with Gasteiger partial charge in [0.1, 0.15) is 0 Å². The quantitative estimate of drug-likeness (QED) is 0.314. The maximum absolute atomic E-state index is 8.70. The number of nitrogens with zero attached hydrogens (tertiary/aromatic N) is 2. The molecule has 3 N–H and O–H groups in total. The lowest BCUT2D eigenvalue weighted by Gasteiger charge is -2.34. The standard InChI is InChI=1S/C11H21N3O/c1-8(11(12)13-15)14-7-6-9-4-2-3-5-10(9)14/h8-10,15H,2-7H2,1H3,(H2,12,13). The van der Waals surface area contributed by atoms with Crippen molar-refractivity contribution in [1.29, 1.82) is 0 Å². The molecule has 4 nitrogen and oxygen atoms in total. The third-order valence-corrected chi connectivity index (χ3v) is 4.09. The molecule has 86 valence electrons. The zero-order chi connectivity index (χ0) is 10.8. The first-order valence-electron chi connectivity index (χ1n) is 5.97. The Morgan fingerprint density at radius 2 is 2.13 bits per heavy atom. The van der Waals surface area contributed by atoms with Gasteiger partial charge in [0.15, 0.2) is 5.84 Å². The van der Waals surface area contributed by atoms with Crippen LogP contribution in [-0.2, 0) is 0 Å². The second-order valence-corrected chi connectivity index (χ2v) is 4.84. The Bertz CT molecular complexity index is 254. The lowest BCUT2D eigenvalue weighted by molar-refractivity contribution is 0.166. The van der Waals surface area contributed by atoms with E-state index in [1.54, 1.807) is 0 Å². The summed E-state index contributed by atoms with van der Waals surface area (Å²) in [7, 11) is 0. The van der Waals surface area contributed by atoms with Gasteiger partial charge in [-0.15, -0.1) is 0 Å². The van der Waals surface area contributed by atoms with Crippen LogP contribution in [0.5, 0.6) is 0 Å². The van der Waals surface area contributed by atoms with Crippen LogP contribution in [0.1, 0.15) is 39.0 Å². The summed E-state index contributed by atoms with van der Waals surface area (Å²) in [5, 5.41) is 11.8. The summed E-state index contributed by atoms with van der Waals surface area (Å²) in [6.07, 6.45) is 6.65. The van der Waals surface area contributed by atoms with Gasteiger partial charge in [-0.2, -0.15) is 0 Å². The van der Waals surface area contributed by atoms with Crippen molar-refractivity contribution in [1.82, 2.24) is 4.90 Å². The number of hydrogen-bond donors (Lipinski definition) is 2. The van der Waals surface area contributed by atoms with Gasteiger partial charge >= 0.3 is 0 Å². The summed E-state index contributed by atoms with van der Waals surface area (Å²) in [4.78, 5) is 2.42. The molecule has 0 aromatic carbocycles. The summed E-state index contributed by atoms with van der Waals surface area (Å²) in [5.74, 6) is 1.20. The number of likely N-dealkylation sites (tertiary alicyclic amines) is 1. The van der Waals surface area contributed by atoms with Crippen molar-refractivity contribution in [3.63, 3.8) is 0 Å². The maximum atomic E-state index is 8.70. The molecule has 3 atom stereocenters. The molecule has 3 unspecified atom stereocenters. The highest BCUT2D eigenvalue weighted by atomic mass is 16.4. The molecule has 1 saturated heterocycles. The second kappa shape index (κ2) is 4.39. The predicted octanol–water partition coefficient (Wildman–Crippen LogP) is 1.39. The Labute approximate surface area is 91.1 Å². The molecular formula is C11H21N3O. The fraction of sp³-hybridized carbons (Fsp3) is 0.909. The number of nitrogens with two attached hydrogens (primary N) is 1. The molecule has 1 saturated carbocycles. The van der Waals surface area contributed by atoms with Crippen molar-refractivity contribution in [3.8, 4) is 0 Å². The molecule has 1 aliphatic carbocycles. The number of amidine groups is 1. The van der Waals surface area contributed by atoms with Crippen molar-refractivity contribution >= 4 is 5.84 Å². The van der Waals surface area contributed by atoms with Gasteiger partial charge in [-0.3, -0.25) is 4.90 Å². The lowest BCUT2D eigenvalue weighted by Crippen LogP contribution is -2.47. The Morgan fingerprint density at radius 1 is 1.40 bits per heavy atom. The number of rotatable bonds is 2.